The van der Waals surface area contributed by atoms with Crippen molar-refractivity contribution < 1.29 is 28.0 Å². The number of ether oxygens (including phenoxy) is 2. The Morgan fingerprint density at radius 1 is 1.25 bits per heavy atom. The second kappa shape index (κ2) is 14.1. The van der Waals surface area contributed by atoms with Gasteiger partial charge in [-0.05, 0) is 35.3 Å². The maximum atomic E-state index is 15.0. The Bertz CT molecular complexity index is 1210. The lowest BCUT2D eigenvalue weighted by Gasteiger charge is -2.14. The molecule has 1 aliphatic rings. The number of phenols is 1. The first-order valence-electron chi connectivity index (χ1n) is 11.3. The molecule has 7 nitrogen and oxygen atoms in total. The van der Waals surface area contributed by atoms with E-state index in [0.717, 1.165) is 31.9 Å². The number of fused-ring (bicyclic) bond motifs is 1. The lowest BCUT2D eigenvalue weighted by molar-refractivity contribution is 0.0522. The topological polar surface area (TPSA) is 89.8 Å². The average molecular weight is 606 g/mol. The van der Waals surface area contributed by atoms with Gasteiger partial charge in [0.2, 0.25) is 5.95 Å². The molecule has 1 saturated heterocycles. The molecular formula is C25H31BrClFN2O5S. The van der Waals surface area contributed by atoms with Gasteiger partial charge in [-0.25, -0.2) is 4.79 Å². The van der Waals surface area contributed by atoms with Gasteiger partial charge >= 0.3 is 5.97 Å². The van der Waals surface area contributed by atoms with E-state index in [0.29, 0.717) is 26.9 Å². The first-order chi connectivity index (χ1) is 16.8. The first-order valence-corrected chi connectivity index (χ1v) is 13.6. The molecule has 11 heteroatoms. The van der Waals surface area contributed by atoms with Gasteiger partial charge in [-0.15, -0.1) is 12.4 Å². The number of hydrogen-bond acceptors (Lipinski definition) is 6. The summed E-state index contributed by atoms with van der Waals surface area (Å²) in [6, 6.07) is 9.40. The molecule has 1 atom stereocenters. The van der Waals surface area contributed by atoms with Crippen molar-refractivity contribution in [1.29, 1.82) is 0 Å². The quantitative estimate of drug-likeness (QED) is 0.395. The molecule has 1 aromatic heterocycles. The largest absolute Gasteiger partial charge is 0.506 e. The monoisotopic (exact) mass is 604 g/mol. The number of nitrogens with zero attached hydrogens (tertiary/aromatic N) is 1. The summed E-state index contributed by atoms with van der Waals surface area (Å²) in [6.45, 7) is 7.18. The van der Waals surface area contributed by atoms with Crippen LogP contribution in [0.2, 0.25) is 0 Å². The molecule has 2 N–H and O–H groups in total. The zero-order chi connectivity index (χ0) is 25.5. The van der Waals surface area contributed by atoms with E-state index in [9.17, 15) is 18.5 Å². The van der Waals surface area contributed by atoms with Gasteiger partial charge in [-0.1, -0.05) is 30.3 Å². The molecule has 0 aliphatic carbocycles. The minimum absolute atomic E-state index is 0. The van der Waals surface area contributed by atoms with Crippen molar-refractivity contribution in [3.63, 3.8) is 0 Å². The van der Waals surface area contributed by atoms with Crippen LogP contribution in [0.4, 0.5) is 4.39 Å². The fourth-order valence-corrected chi connectivity index (χ4v) is 5.99. The molecule has 1 aliphatic heterocycles. The van der Waals surface area contributed by atoms with E-state index in [4.69, 9.17) is 9.47 Å². The van der Waals surface area contributed by atoms with Crippen LogP contribution in [-0.2, 0) is 38.8 Å². The summed E-state index contributed by atoms with van der Waals surface area (Å²) in [4.78, 5) is 12.4. The number of carbonyl (C=O) groups excluding carboxylic acids is 1. The van der Waals surface area contributed by atoms with Gasteiger partial charge in [0, 0.05) is 53.2 Å². The number of phenolic OH excluding ortho intramolecular Hbond substituents is 1. The van der Waals surface area contributed by atoms with Crippen molar-refractivity contribution in [2.24, 2.45) is 7.05 Å². The molecule has 0 radical (unpaired) electrons. The van der Waals surface area contributed by atoms with Gasteiger partial charge in [0.15, 0.2) is 0 Å². The highest BCUT2D eigenvalue weighted by atomic mass is 79.9. The Balaban J connectivity index is 0.000000571. The highest BCUT2D eigenvalue weighted by molar-refractivity contribution is 9.10. The molecule has 0 saturated carbocycles. The summed E-state index contributed by atoms with van der Waals surface area (Å²) in [5, 5.41) is 14.0. The van der Waals surface area contributed by atoms with E-state index >= 15 is 0 Å². The van der Waals surface area contributed by atoms with Crippen molar-refractivity contribution in [2.45, 2.75) is 25.4 Å². The number of aromatic hydroxyl groups is 1. The zero-order valence-corrected chi connectivity index (χ0v) is 23.7. The van der Waals surface area contributed by atoms with Gasteiger partial charge in [-0.2, -0.15) is 4.39 Å². The number of aromatic nitrogens is 1. The Labute approximate surface area is 227 Å². The number of morpholine rings is 1. The number of halogens is 3. The number of hydrogen-bond donors (Lipinski definition) is 2. The first kappa shape index (κ1) is 30.2. The lowest BCUT2D eigenvalue weighted by Crippen LogP contribution is -2.30. The Kier molecular flexibility index (Phi) is 11.8. The van der Waals surface area contributed by atoms with E-state index in [1.807, 2.05) is 30.3 Å². The molecular weight excluding hydrogens is 575 g/mol. The van der Waals surface area contributed by atoms with Crippen molar-refractivity contribution in [2.75, 3.05) is 32.9 Å². The van der Waals surface area contributed by atoms with Gasteiger partial charge in [-0.3, -0.25) is 4.21 Å². The fourth-order valence-electron chi connectivity index (χ4n) is 3.91. The number of esters is 1. The van der Waals surface area contributed by atoms with E-state index in [1.54, 1.807) is 13.8 Å². The van der Waals surface area contributed by atoms with Gasteiger partial charge in [0.25, 0.3) is 0 Å². The molecule has 36 heavy (non-hydrogen) atoms. The third kappa shape index (κ3) is 6.86. The van der Waals surface area contributed by atoms with Crippen LogP contribution in [0.3, 0.4) is 0 Å². The number of carbonyl (C=O) groups is 1. The summed E-state index contributed by atoms with van der Waals surface area (Å²) < 4.78 is 39.4. The van der Waals surface area contributed by atoms with Crippen LogP contribution in [0, 0.1) is 12.9 Å². The Morgan fingerprint density at radius 2 is 1.89 bits per heavy atom. The Morgan fingerprint density at radius 3 is 2.42 bits per heavy atom. The van der Waals surface area contributed by atoms with Crippen LogP contribution in [0.1, 0.15) is 34.0 Å². The molecule has 0 spiro atoms. The maximum absolute atomic E-state index is 15.0. The molecule has 1 unspecified atom stereocenters. The highest BCUT2D eigenvalue weighted by Crippen LogP contribution is 2.42. The summed E-state index contributed by atoms with van der Waals surface area (Å²) >= 11 is 3.37. The van der Waals surface area contributed by atoms with Crippen LogP contribution in [0.5, 0.6) is 5.75 Å². The second-order valence-corrected chi connectivity index (χ2v) is 10.3. The predicted octanol–water partition coefficient (Wildman–Crippen LogP) is 4.75. The minimum atomic E-state index is -1.32. The lowest BCUT2D eigenvalue weighted by atomic mass is 10.0. The highest BCUT2D eigenvalue weighted by Gasteiger charge is 2.29. The normalized spacial score (nSPS) is 13.9. The fraction of sp³-hybridized carbons (Fsp3) is 0.400. The van der Waals surface area contributed by atoms with Crippen LogP contribution in [-0.4, -0.2) is 52.8 Å². The Hall–Kier alpha value is -1.98. The van der Waals surface area contributed by atoms with Crippen molar-refractivity contribution >= 4 is 56.0 Å². The standard InChI is InChI=1S/C21H21BrFNO4S.C4H9NO.ClH/c1-4-28-21(26)16-15-12(2)19(25)17(22)14(18(15)24(3)20(16)23)11-29(27)10-13-8-6-5-7-9-13;1-3-6-4-2-5-1;/h5-9,25H,4,10-11H2,1-3H3;5H,1-4H2;1H. The third-order valence-electron chi connectivity index (χ3n) is 5.61. The smallest absolute Gasteiger partial charge is 0.343 e. The van der Waals surface area contributed by atoms with Crippen LogP contribution in [0.15, 0.2) is 34.8 Å². The van der Waals surface area contributed by atoms with E-state index in [-0.39, 0.29) is 41.5 Å². The molecule has 0 amide bonds. The van der Waals surface area contributed by atoms with Gasteiger partial charge < -0.3 is 24.5 Å². The second-order valence-electron chi connectivity index (χ2n) is 8.01. The molecule has 1 fully saturated rings. The van der Waals surface area contributed by atoms with Crippen molar-refractivity contribution in [3.05, 3.63) is 63.0 Å². The number of rotatable bonds is 6. The van der Waals surface area contributed by atoms with Crippen LogP contribution in [0.25, 0.3) is 10.9 Å². The van der Waals surface area contributed by atoms with Gasteiger partial charge in [0.1, 0.15) is 11.3 Å². The molecule has 2 heterocycles. The number of aryl methyl sites for hydroxylation is 2. The van der Waals surface area contributed by atoms with E-state index in [2.05, 4.69) is 21.2 Å². The third-order valence-corrected chi connectivity index (χ3v) is 7.73. The maximum Gasteiger partial charge on any atom is 0.343 e. The van der Waals surface area contributed by atoms with Crippen LogP contribution >= 0.6 is 28.3 Å². The summed E-state index contributed by atoms with van der Waals surface area (Å²) in [5.74, 6) is -1.26. The van der Waals surface area contributed by atoms with E-state index in [1.165, 1.54) is 11.6 Å². The molecule has 198 valence electrons. The molecule has 0 bridgehead atoms. The zero-order valence-electron chi connectivity index (χ0n) is 20.4. The molecule has 4 rings (SSSR count). The molecule has 2 aromatic carbocycles. The van der Waals surface area contributed by atoms with E-state index < -0.39 is 22.7 Å². The van der Waals surface area contributed by atoms with Crippen LogP contribution < -0.4 is 5.32 Å². The summed E-state index contributed by atoms with van der Waals surface area (Å²) in [6.07, 6.45) is 0. The minimum Gasteiger partial charge on any atom is -0.506 e. The van der Waals surface area contributed by atoms with Crippen molar-refractivity contribution in [3.8, 4) is 5.75 Å². The summed E-state index contributed by atoms with van der Waals surface area (Å²) in [5.41, 5.74) is 1.94. The average Bonchev–Trinajstić information content (AvgIpc) is 3.13. The SMILES string of the molecule is C1COCCN1.CCOC(=O)c1c(F)n(C)c2c(CS(=O)Cc3ccccc3)c(Br)c(O)c(C)c12.Cl. The van der Waals surface area contributed by atoms with Crippen molar-refractivity contribution in [1.82, 2.24) is 9.88 Å². The number of nitrogens with one attached hydrogen (secondary N) is 1. The number of benzene rings is 2. The van der Waals surface area contributed by atoms with Gasteiger partial charge in [0.05, 0.1) is 35.6 Å². The summed E-state index contributed by atoms with van der Waals surface area (Å²) in [7, 11) is 0.177. The predicted molar refractivity (Wildman–Crippen MR) is 146 cm³/mol. The molecule has 3 aromatic rings.